The number of nitrogens with zero attached hydrogens (tertiary/aromatic N) is 2. The minimum absolute atomic E-state index is 0.0270. The lowest BCUT2D eigenvalue weighted by atomic mass is 10.1. The quantitative estimate of drug-likeness (QED) is 0.636. The van der Waals surface area contributed by atoms with Crippen molar-refractivity contribution >= 4 is 21.4 Å². The van der Waals surface area contributed by atoms with E-state index < -0.39 is 10.0 Å². The minimum Gasteiger partial charge on any atom is -0.495 e. The lowest BCUT2D eigenvalue weighted by molar-refractivity contribution is 0.401. The zero-order chi connectivity index (χ0) is 20.3. The third kappa shape index (κ3) is 4.32. The molecule has 2 heterocycles. The molecule has 0 fully saturated rings. The number of rotatable bonds is 7. The Morgan fingerprint density at radius 3 is 2.61 bits per heavy atom. The number of ether oxygens (including phenoxy) is 1. The molecule has 3 aromatic rings. The van der Waals surface area contributed by atoms with Crippen LogP contribution in [-0.4, -0.2) is 31.9 Å². The maximum absolute atomic E-state index is 12.7. The Hall–Kier alpha value is -2.49. The molecule has 28 heavy (non-hydrogen) atoms. The van der Waals surface area contributed by atoms with E-state index in [1.54, 1.807) is 18.2 Å². The van der Waals surface area contributed by atoms with Gasteiger partial charge in [-0.15, -0.1) is 11.3 Å². The van der Waals surface area contributed by atoms with Crippen LogP contribution in [0.15, 0.2) is 51.5 Å². The summed E-state index contributed by atoms with van der Waals surface area (Å²) in [6.45, 7) is 3.87. The number of aromatic nitrogens is 2. The minimum atomic E-state index is -3.79. The monoisotopic (exact) mass is 419 g/mol. The summed E-state index contributed by atoms with van der Waals surface area (Å²) in [4.78, 5) is 13.1. The molecule has 0 amide bonds. The van der Waals surface area contributed by atoms with Crippen molar-refractivity contribution in [2.45, 2.75) is 25.3 Å². The molecule has 0 saturated heterocycles. The molecule has 0 bridgehead atoms. The fourth-order valence-corrected chi connectivity index (χ4v) is 4.61. The molecular weight excluding hydrogens is 398 g/mol. The van der Waals surface area contributed by atoms with Gasteiger partial charge in [-0.25, -0.2) is 17.8 Å². The number of benzene rings is 1. The molecule has 9 heteroatoms. The zero-order valence-electron chi connectivity index (χ0n) is 15.8. The molecule has 0 aliphatic carbocycles. The summed E-state index contributed by atoms with van der Waals surface area (Å²) in [6, 6.07) is 10.2. The van der Waals surface area contributed by atoms with Crippen molar-refractivity contribution in [3.05, 3.63) is 63.3 Å². The van der Waals surface area contributed by atoms with Gasteiger partial charge in [-0.05, 0) is 54.6 Å². The van der Waals surface area contributed by atoms with Gasteiger partial charge in [0.2, 0.25) is 10.0 Å². The number of hydrogen-bond donors (Lipinski definition) is 1. The number of hydrogen-bond acceptors (Lipinski definition) is 6. The van der Waals surface area contributed by atoms with Crippen LogP contribution < -0.4 is 15.0 Å². The number of sulfonamides is 1. The molecule has 148 valence electrons. The number of methoxy groups -OCH3 is 1. The first-order valence-electron chi connectivity index (χ1n) is 8.59. The third-order valence-electron chi connectivity index (χ3n) is 4.33. The van der Waals surface area contributed by atoms with Gasteiger partial charge < -0.3 is 4.74 Å². The number of nitrogens with one attached hydrogen (secondary N) is 1. The molecule has 0 aliphatic heterocycles. The molecule has 0 radical (unpaired) electrons. The highest BCUT2D eigenvalue weighted by molar-refractivity contribution is 7.89. The van der Waals surface area contributed by atoms with Crippen LogP contribution in [0.25, 0.3) is 10.6 Å². The average molecular weight is 420 g/mol. The molecule has 3 rings (SSSR count). The fraction of sp³-hybridized carbons (Fsp3) is 0.263. The Morgan fingerprint density at radius 1 is 1.18 bits per heavy atom. The highest BCUT2D eigenvalue weighted by Crippen LogP contribution is 2.27. The first kappa shape index (κ1) is 20.2. The van der Waals surface area contributed by atoms with Crippen molar-refractivity contribution in [3.8, 4) is 16.3 Å². The Kier molecular flexibility index (Phi) is 5.97. The van der Waals surface area contributed by atoms with Gasteiger partial charge in [-0.3, -0.25) is 4.79 Å². The second-order valence-corrected chi connectivity index (χ2v) is 8.93. The van der Waals surface area contributed by atoms with Crippen LogP contribution in [0.5, 0.6) is 5.75 Å². The largest absolute Gasteiger partial charge is 0.495 e. The molecule has 2 aromatic heterocycles. The molecule has 0 spiro atoms. The SMILES string of the molecule is COc1cc(C)c(C)cc1S(=O)(=O)NCCn1nc(-c2cccs2)ccc1=O. The van der Waals surface area contributed by atoms with Crippen LogP contribution in [0.1, 0.15) is 11.1 Å². The Balaban J connectivity index is 1.77. The Bertz CT molecular complexity index is 1140. The second kappa shape index (κ2) is 8.26. The van der Waals surface area contributed by atoms with Gasteiger partial charge in [0.1, 0.15) is 16.3 Å². The maximum atomic E-state index is 12.7. The lowest BCUT2D eigenvalue weighted by Crippen LogP contribution is -2.32. The van der Waals surface area contributed by atoms with Gasteiger partial charge >= 0.3 is 0 Å². The summed E-state index contributed by atoms with van der Waals surface area (Å²) in [6.07, 6.45) is 0. The van der Waals surface area contributed by atoms with Gasteiger partial charge in [0, 0.05) is 12.6 Å². The van der Waals surface area contributed by atoms with E-state index in [-0.39, 0.29) is 29.3 Å². The normalized spacial score (nSPS) is 11.5. The van der Waals surface area contributed by atoms with Crippen LogP contribution in [-0.2, 0) is 16.6 Å². The van der Waals surface area contributed by atoms with Crippen LogP contribution in [0.4, 0.5) is 0 Å². The van der Waals surface area contributed by atoms with E-state index in [2.05, 4.69) is 9.82 Å². The van der Waals surface area contributed by atoms with E-state index in [1.807, 2.05) is 31.4 Å². The second-order valence-electron chi connectivity index (χ2n) is 6.24. The van der Waals surface area contributed by atoms with Crippen molar-refractivity contribution in [3.63, 3.8) is 0 Å². The van der Waals surface area contributed by atoms with Gasteiger partial charge in [-0.1, -0.05) is 6.07 Å². The number of thiophene rings is 1. The summed E-state index contributed by atoms with van der Waals surface area (Å²) >= 11 is 1.52. The van der Waals surface area contributed by atoms with E-state index in [1.165, 1.54) is 29.2 Å². The van der Waals surface area contributed by atoms with Crippen LogP contribution in [0.2, 0.25) is 0 Å². The van der Waals surface area contributed by atoms with Crippen molar-refractivity contribution in [1.29, 1.82) is 0 Å². The summed E-state index contributed by atoms with van der Waals surface area (Å²) in [7, 11) is -2.36. The topological polar surface area (TPSA) is 90.3 Å². The average Bonchev–Trinajstić information content (AvgIpc) is 3.19. The molecular formula is C19H21N3O4S2. The molecule has 0 saturated carbocycles. The van der Waals surface area contributed by atoms with Crippen molar-refractivity contribution in [2.24, 2.45) is 0 Å². The first-order chi connectivity index (χ1) is 13.3. The molecule has 1 aromatic carbocycles. The van der Waals surface area contributed by atoms with Gasteiger partial charge in [0.15, 0.2) is 0 Å². The first-order valence-corrected chi connectivity index (χ1v) is 10.9. The van der Waals surface area contributed by atoms with Crippen LogP contribution >= 0.6 is 11.3 Å². The smallest absolute Gasteiger partial charge is 0.266 e. The lowest BCUT2D eigenvalue weighted by Gasteiger charge is -2.13. The van der Waals surface area contributed by atoms with E-state index >= 15 is 0 Å². The summed E-state index contributed by atoms with van der Waals surface area (Å²) in [5, 5.41) is 6.25. The van der Waals surface area contributed by atoms with Gasteiger partial charge in [0.05, 0.1) is 18.5 Å². The highest BCUT2D eigenvalue weighted by atomic mass is 32.2. The zero-order valence-corrected chi connectivity index (χ0v) is 17.4. The predicted octanol–water partition coefficient (Wildman–Crippen LogP) is 2.58. The highest BCUT2D eigenvalue weighted by Gasteiger charge is 2.20. The van der Waals surface area contributed by atoms with E-state index in [4.69, 9.17) is 4.74 Å². The predicted molar refractivity (Wildman–Crippen MR) is 109 cm³/mol. The Labute approximate surface area is 167 Å². The summed E-state index contributed by atoms with van der Waals surface area (Å²) in [5.74, 6) is 0.283. The molecule has 0 unspecified atom stereocenters. The van der Waals surface area contributed by atoms with E-state index in [0.29, 0.717) is 5.69 Å². The molecule has 0 atom stereocenters. The van der Waals surface area contributed by atoms with Gasteiger partial charge in [0.25, 0.3) is 5.56 Å². The fourth-order valence-electron chi connectivity index (χ4n) is 2.66. The van der Waals surface area contributed by atoms with Gasteiger partial charge in [-0.2, -0.15) is 5.10 Å². The molecule has 0 aliphatic rings. The number of aryl methyl sites for hydroxylation is 2. The van der Waals surface area contributed by atoms with Crippen molar-refractivity contribution in [2.75, 3.05) is 13.7 Å². The van der Waals surface area contributed by atoms with Crippen molar-refractivity contribution in [1.82, 2.24) is 14.5 Å². The third-order valence-corrected chi connectivity index (χ3v) is 6.70. The van der Waals surface area contributed by atoms with E-state index in [0.717, 1.165) is 16.0 Å². The van der Waals surface area contributed by atoms with E-state index in [9.17, 15) is 13.2 Å². The molecule has 7 nitrogen and oxygen atoms in total. The maximum Gasteiger partial charge on any atom is 0.266 e. The van der Waals surface area contributed by atoms with Crippen LogP contribution in [0.3, 0.4) is 0 Å². The molecule has 1 N–H and O–H groups in total. The summed E-state index contributed by atoms with van der Waals surface area (Å²) in [5.41, 5.74) is 2.18. The Morgan fingerprint density at radius 2 is 1.93 bits per heavy atom. The summed E-state index contributed by atoms with van der Waals surface area (Å²) < 4.78 is 34.4. The van der Waals surface area contributed by atoms with Crippen molar-refractivity contribution < 1.29 is 13.2 Å². The standard InChI is InChI=1S/C19H21N3O4S2/c1-13-11-16(26-3)18(12-14(13)2)28(24,25)20-8-9-22-19(23)7-6-15(21-22)17-5-4-10-27-17/h4-7,10-12,20H,8-9H2,1-3H3. The van der Waals surface area contributed by atoms with Crippen LogP contribution in [0, 0.1) is 13.8 Å².